The minimum absolute atomic E-state index is 0.0388. The molecule has 166 valence electrons. The largest absolute Gasteiger partial charge is 0.481 e. The molecule has 8 nitrogen and oxygen atoms in total. The zero-order valence-corrected chi connectivity index (χ0v) is 19.1. The highest BCUT2D eigenvalue weighted by Gasteiger charge is 2.33. The van der Waals surface area contributed by atoms with E-state index >= 15 is 0 Å². The number of thioether (sulfide) groups is 1. The number of hydrogen-bond donors (Lipinski definition) is 1. The standard InChI is InChI=1S/C21H25N3O5S2/c1-13-3-5-14(6-4-13)24(15-7-8-16-17(9-15)29-12-28-16)21(27)23(2)20-22-10-19(31-20)30-11-18(25)26/h7-10,13-14H,3-6,11-12H2,1-2H3,(H,25,26). The highest BCUT2D eigenvalue weighted by atomic mass is 32.2. The van der Waals surface area contributed by atoms with Gasteiger partial charge in [0, 0.05) is 24.8 Å². The molecule has 0 spiro atoms. The topological polar surface area (TPSA) is 92.2 Å². The molecule has 0 atom stereocenters. The zero-order chi connectivity index (χ0) is 22.0. The molecule has 31 heavy (non-hydrogen) atoms. The second-order valence-electron chi connectivity index (χ2n) is 7.81. The average molecular weight is 464 g/mol. The van der Waals surface area contributed by atoms with Gasteiger partial charge in [-0.3, -0.25) is 14.6 Å². The first-order valence-corrected chi connectivity index (χ1v) is 12.0. The number of rotatable bonds is 6. The molecule has 2 amide bonds. The van der Waals surface area contributed by atoms with Gasteiger partial charge in [0.1, 0.15) is 0 Å². The Balaban J connectivity index is 1.58. The molecule has 1 aromatic carbocycles. The summed E-state index contributed by atoms with van der Waals surface area (Å²) >= 11 is 2.51. The van der Waals surface area contributed by atoms with Crippen molar-refractivity contribution in [1.82, 2.24) is 4.98 Å². The molecule has 10 heteroatoms. The number of aromatic nitrogens is 1. The minimum atomic E-state index is -0.884. The summed E-state index contributed by atoms with van der Waals surface area (Å²) in [5.74, 6) is 1.06. The van der Waals surface area contributed by atoms with E-state index in [0.717, 1.165) is 35.6 Å². The predicted molar refractivity (Wildman–Crippen MR) is 121 cm³/mol. The highest BCUT2D eigenvalue weighted by Crippen LogP contribution is 2.39. The predicted octanol–water partition coefficient (Wildman–Crippen LogP) is 4.69. The van der Waals surface area contributed by atoms with Crippen molar-refractivity contribution >= 4 is 45.9 Å². The normalized spacial score (nSPS) is 19.8. The van der Waals surface area contributed by atoms with Crippen molar-refractivity contribution < 1.29 is 24.2 Å². The number of thiazole rings is 1. The van der Waals surface area contributed by atoms with E-state index in [1.54, 1.807) is 13.2 Å². The SMILES string of the molecule is CC1CCC(N(C(=O)N(C)c2ncc(SCC(=O)O)s2)c2ccc3c(c2)OCO3)CC1. The zero-order valence-electron chi connectivity index (χ0n) is 17.4. The maximum absolute atomic E-state index is 13.6. The van der Waals surface area contributed by atoms with Gasteiger partial charge in [0.2, 0.25) is 6.79 Å². The number of aliphatic carboxylic acids is 1. The van der Waals surface area contributed by atoms with Crippen LogP contribution in [0.15, 0.2) is 28.6 Å². The van der Waals surface area contributed by atoms with Crippen molar-refractivity contribution in [2.24, 2.45) is 5.92 Å². The van der Waals surface area contributed by atoms with Gasteiger partial charge in [-0.2, -0.15) is 0 Å². The fraction of sp³-hybridized carbons (Fsp3) is 0.476. The van der Waals surface area contributed by atoms with E-state index in [1.807, 2.05) is 23.1 Å². The summed E-state index contributed by atoms with van der Waals surface area (Å²) in [6, 6.07) is 5.53. The average Bonchev–Trinajstić information content (AvgIpc) is 3.42. The number of urea groups is 1. The van der Waals surface area contributed by atoms with Crippen LogP contribution in [0.2, 0.25) is 0 Å². The van der Waals surface area contributed by atoms with Gasteiger partial charge in [0.05, 0.1) is 16.2 Å². The number of carboxylic acids is 1. The number of ether oxygens (including phenoxy) is 2. The summed E-state index contributed by atoms with van der Waals surface area (Å²) in [5.41, 5.74) is 0.776. The van der Waals surface area contributed by atoms with Crippen LogP contribution in [0, 0.1) is 5.92 Å². The number of hydrogen-bond acceptors (Lipinski definition) is 7. The lowest BCUT2D eigenvalue weighted by Gasteiger charge is -2.37. The third-order valence-corrected chi connectivity index (χ3v) is 7.83. The summed E-state index contributed by atoms with van der Waals surface area (Å²) < 4.78 is 11.7. The van der Waals surface area contributed by atoms with Crippen LogP contribution in [0.4, 0.5) is 15.6 Å². The van der Waals surface area contributed by atoms with E-state index in [4.69, 9.17) is 14.6 Å². The van der Waals surface area contributed by atoms with E-state index in [0.29, 0.717) is 22.5 Å². The monoisotopic (exact) mass is 463 g/mol. The quantitative estimate of drug-likeness (QED) is 0.621. The van der Waals surface area contributed by atoms with Gasteiger partial charge < -0.3 is 14.6 Å². The Bertz CT molecular complexity index is 958. The molecule has 0 bridgehead atoms. The van der Waals surface area contributed by atoms with Gasteiger partial charge in [-0.15, -0.1) is 11.8 Å². The molecule has 1 aliphatic heterocycles. The van der Waals surface area contributed by atoms with Crippen molar-refractivity contribution in [2.45, 2.75) is 42.9 Å². The molecule has 4 rings (SSSR count). The number of carbonyl (C=O) groups excluding carboxylic acids is 1. The van der Waals surface area contributed by atoms with Gasteiger partial charge >= 0.3 is 12.0 Å². The van der Waals surface area contributed by atoms with E-state index in [-0.39, 0.29) is 24.6 Å². The number of carbonyl (C=O) groups is 2. The third kappa shape index (κ3) is 4.90. The molecule has 2 heterocycles. The molecule has 1 aliphatic carbocycles. The van der Waals surface area contributed by atoms with Crippen LogP contribution in [0.3, 0.4) is 0 Å². The van der Waals surface area contributed by atoms with Crippen molar-refractivity contribution in [3.8, 4) is 11.5 Å². The molecule has 0 saturated heterocycles. The Morgan fingerprint density at radius 3 is 2.71 bits per heavy atom. The number of anilines is 2. The molecule has 1 N–H and O–H groups in total. The lowest BCUT2D eigenvalue weighted by Crippen LogP contribution is -2.48. The summed E-state index contributed by atoms with van der Waals surface area (Å²) in [4.78, 5) is 32.2. The van der Waals surface area contributed by atoms with Crippen LogP contribution in [0.25, 0.3) is 0 Å². The van der Waals surface area contributed by atoms with E-state index in [2.05, 4.69) is 11.9 Å². The summed E-state index contributed by atoms with van der Waals surface area (Å²) in [7, 11) is 1.71. The van der Waals surface area contributed by atoms with E-state index in [9.17, 15) is 9.59 Å². The summed E-state index contributed by atoms with van der Waals surface area (Å²) in [5, 5.41) is 9.42. The molecule has 0 unspecified atom stereocenters. The maximum atomic E-state index is 13.6. The van der Waals surface area contributed by atoms with E-state index < -0.39 is 5.97 Å². The Labute approximate surface area is 189 Å². The van der Waals surface area contributed by atoms with Crippen molar-refractivity contribution in [3.05, 3.63) is 24.4 Å². The summed E-state index contributed by atoms with van der Waals surface area (Å²) in [6.45, 7) is 2.43. The Hall–Kier alpha value is -2.46. The molecule has 1 aromatic heterocycles. The maximum Gasteiger partial charge on any atom is 0.330 e. The van der Waals surface area contributed by atoms with Crippen LogP contribution >= 0.6 is 23.1 Å². The van der Waals surface area contributed by atoms with Gasteiger partial charge in [-0.25, -0.2) is 9.78 Å². The van der Waals surface area contributed by atoms with Gasteiger partial charge in [-0.05, 0) is 43.7 Å². The van der Waals surface area contributed by atoms with Crippen LogP contribution in [0.1, 0.15) is 32.6 Å². The first kappa shape index (κ1) is 21.8. The van der Waals surface area contributed by atoms with Gasteiger partial charge in [0.25, 0.3) is 0 Å². The van der Waals surface area contributed by atoms with Crippen molar-refractivity contribution in [1.29, 1.82) is 0 Å². The van der Waals surface area contributed by atoms with Gasteiger partial charge in [0.15, 0.2) is 16.6 Å². The smallest absolute Gasteiger partial charge is 0.330 e. The lowest BCUT2D eigenvalue weighted by atomic mass is 9.86. The summed E-state index contributed by atoms with van der Waals surface area (Å²) in [6.07, 6.45) is 5.65. The van der Waals surface area contributed by atoms with Crippen molar-refractivity contribution in [3.63, 3.8) is 0 Å². The second kappa shape index (κ2) is 9.35. The number of amides is 2. The fourth-order valence-electron chi connectivity index (χ4n) is 3.86. The molecule has 2 aliphatic rings. The first-order chi connectivity index (χ1) is 14.9. The van der Waals surface area contributed by atoms with Gasteiger partial charge in [-0.1, -0.05) is 18.3 Å². The highest BCUT2D eigenvalue weighted by molar-refractivity contribution is 8.01. The minimum Gasteiger partial charge on any atom is -0.481 e. The molecule has 1 saturated carbocycles. The second-order valence-corrected chi connectivity index (χ2v) is 10.1. The Morgan fingerprint density at radius 1 is 1.23 bits per heavy atom. The Morgan fingerprint density at radius 2 is 1.97 bits per heavy atom. The molecule has 0 radical (unpaired) electrons. The van der Waals surface area contributed by atoms with Crippen LogP contribution < -0.4 is 19.3 Å². The number of nitrogens with zero attached hydrogens (tertiary/aromatic N) is 3. The molecule has 1 fully saturated rings. The number of benzene rings is 1. The lowest BCUT2D eigenvalue weighted by molar-refractivity contribution is -0.133. The number of fused-ring (bicyclic) bond motifs is 1. The first-order valence-electron chi connectivity index (χ1n) is 10.2. The van der Waals surface area contributed by atoms with Crippen LogP contribution in [-0.2, 0) is 4.79 Å². The van der Waals surface area contributed by atoms with Crippen LogP contribution in [0.5, 0.6) is 11.5 Å². The third-order valence-electron chi connectivity index (χ3n) is 5.57. The molecular formula is C21H25N3O5S2. The van der Waals surface area contributed by atoms with E-state index in [1.165, 1.54) is 28.0 Å². The molecule has 2 aromatic rings. The van der Waals surface area contributed by atoms with Crippen LogP contribution in [-0.4, -0.2) is 47.7 Å². The molecular weight excluding hydrogens is 438 g/mol. The fourth-order valence-corrected chi connectivity index (χ4v) is 5.50. The Kier molecular flexibility index (Phi) is 6.57. The number of carboxylic acid groups (broad SMARTS) is 1. The van der Waals surface area contributed by atoms with Crippen molar-refractivity contribution in [2.75, 3.05) is 29.4 Å².